The van der Waals surface area contributed by atoms with Crippen LogP contribution in [0.25, 0.3) is 11.3 Å². The summed E-state index contributed by atoms with van der Waals surface area (Å²) in [7, 11) is 0. The number of nitrogens with one attached hydrogen (secondary N) is 3. The van der Waals surface area contributed by atoms with E-state index in [0.717, 1.165) is 36.8 Å². The van der Waals surface area contributed by atoms with Gasteiger partial charge in [-0.1, -0.05) is 12.8 Å². The minimum Gasteiger partial charge on any atom is -0.420 e. The van der Waals surface area contributed by atoms with E-state index in [1.54, 1.807) is 24.4 Å². The predicted molar refractivity (Wildman–Crippen MR) is 119 cm³/mol. The lowest BCUT2D eigenvalue weighted by Gasteiger charge is -2.23. The van der Waals surface area contributed by atoms with Gasteiger partial charge in [0.2, 0.25) is 5.91 Å². The average molecular weight is 473 g/mol. The van der Waals surface area contributed by atoms with Crippen LogP contribution in [0.1, 0.15) is 41.6 Å². The number of alkyl halides is 3. The highest BCUT2D eigenvalue weighted by Crippen LogP contribution is 2.52. The molecule has 0 atom stereocenters. The number of H-pyrrole nitrogens is 1. The van der Waals surface area contributed by atoms with Gasteiger partial charge < -0.3 is 15.4 Å². The summed E-state index contributed by atoms with van der Waals surface area (Å²) in [6.07, 6.45) is 5.07. The SMILES string of the molecule is O=C(Nc1ccc(OC(F)(F)Cl)cc1)c1cc2c(c(-c3ccn[nH]3)c1)C1(CCCC1)C(=O)N2. The molecule has 1 aliphatic heterocycles. The number of aromatic amines is 1. The first-order valence-electron chi connectivity index (χ1n) is 10.4. The molecule has 1 aromatic heterocycles. The first kappa shape index (κ1) is 21.4. The topological polar surface area (TPSA) is 96.1 Å². The zero-order valence-electron chi connectivity index (χ0n) is 17.3. The van der Waals surface area contributed by atoms with Crippen molar-refractivity contribution in [3.8, 4) is 17.0 Å². The molecule has 0 saturated heterocycles. The molecule has 0 unspecified atom stereocenters. The zero-order chi connectivity index (χ0) is 23.2. The van der Waals surface area contributed by atoms with Crippen molar-refractivity contribution >= 4 is 34.8 Å². The fraction of sp³-hybridized carbons (Fsp3) is 0.261. The number of carbonyl (C=O) groups is 2. The molecular weight excluding hydrogens is 454 g/mol. The van der Waals surface area contributed by atoms with Crippen molar-refractivity contribution in [2.75, 3.05) is 10.6 Å². The Morgan fingerprint density at radius 3 is 2.52 bits per heavy atom. The predicted octanol–water partition coefficient (Wildman–Crippen LogP) is 5.26. The van der Waals surface area contributed by atoms with Gasteiger partial charge in [0.05, 0.1) is 11.1 Å². The van der Waals surface area contributed by atoms with Crippen LogP contribution in [0, 0.1) is 0 Å². The van der Waals surface area contributed by atoms with Crippen LogP contribution in [0.4, 0.5) is 20.2 Å². The lowest BCUT2D eigenvalue weighted by Crippen LogP contribution is -2.31. The molecule has 2 aliphatic rings. The van der Waals surface area contributed by atoms with E-state index in [9.17, 15) is 18.4 Å². The van der Waals surface area contributed by atoms with Crippen molar-refractivity contribution in [3.05, 3.63) is 59.8 Å². The Hall–Kier alpha value is -3.46. The monoisotopic (exact) mass is 472 g/mol. The normalized spacial score (nSPS) is 16.5. The lowest BCUT2D eigenvalue weighted by atomic mass is 9.77. The second-order valence-corrected chi connectivity index (χ2v) is 8.63. The number of halogens is 3. The molecule has 7 nitrogen and oxygen atoms in total. The molecule has 1 fully saturated rings. The van der Waals surface area contributed by atoms with E-state index in [1.807, 2.05) is 0 Å². The van der Waals surface area contributed by atoms with Gasteiger partial charge in [0.25, 0.3) is 5.91 Å². The first-order chi connectivity index (χ1) is 15.7. The first-order valence-corrected chi connectivity index (χ1v) is 10.8. The molecule has 3 N–H and O–H groups in total. The fourth-order valence-electron chi connectivity index (χ4n) is 4.76. The molecule has 0 bridgehead atoms. The summed E-state index contributed by atoms with van der Waals surface area (Å²) in [4.78, 5) is 26.0. The molecule has 2 heterocycles. The second kappa shape index (κ2) is 7.84. The van der Waals surface area contributed by atoms with E-state index >= 15 is 0 Å². The zero-order valence-corrected chi connectivity index (χ0v) is 18.0. The minimum absolute atomic E-state index is 0.0417. The molecule has 1 saturated carbocycles. The van der Waals surface area contributed by atoms with Crippen molar-refractivity contribution in [1.29, 1.82) is 0 Å². The molecule has 1 aliphatic carbocycles. The molecule has 1 spiro atoms. The van der Waals surface area contributed by atoms with E-state index in [2.05, 4.69) is 25.6 Å². The number of benzene rings is 2. The van der Waals surface area contributed by atoms with E-state index in [4.69, 9.17) is 11.6 Å². The molecular formula is C23H19ClF2N4O3. The van der Waals surface area contributed by atoms with Gasteiger partial charge in [-0.25, -0.2) is 0 Å². The molecule has 2 amide bonds. The Labute approximate surface area is 192 Å². The Bertz CT molecular complexity index is 1220. The summed E-state index contributed by atoms with van der Waals surface area (Å²) in [5.41, 5.74) is -0.714. The van der Waals surface area contributed by atoms with Gasteiger partial charge in [-0.3, -0.25) is 14.7 Å². The van der Waals surface area contributed by atoms with E-state index in [0.29, 0.717) is 22.6 Å². The van der Waals surface area contributed by atoms with Gasteiger partial charge in [-0.2, -0.15) is 5.10 Å². The second-order valence-electron chi connectivity index (χ2n) is 8.19. The van der Waals surface area contributed by atoms with E-state index < -0.39 is 16.9 Å². The fourth-order valence-corrected chi connectivity index (χ4v) is 4.85. The number of hydrogen-bond acceptors (Lipinski definition) is 4. The summed E-state index contributed by atoms with van der Waals surface area (Å²) < 4.78 is 29.8. The number of fused-ring (bicyclic) bond motifs is 2. The van der Waals surface area contributed by atoms with Gasteiger partial charge in [-0.05, 0) is 55.3 Å². The van der Waals surface area contributed by atoms with Crippen LogP contribution in [-0.4, -0.2) is 27.6 Å². The van der Waals surface area contributed by atoms with Crippen LogP contribution in [0.5, 0.6) is 5.75 Å². The number of amides is 2. The highest BCUT2D eigenvalue weighted by molar-refractivity contribution is 6.20. The third kappa shape index (κ3) is 3.93. The van der Waals surface area contributed by atoms with Crippen LogP contribution in [0.2, 0.25) is 0 Å². The molecule has 170 valence electrons. The van der Waals surface area contributed by atoms with Crippen LogP contribution in [-0.2, 0) is 10.2 Å². The standard InChI is InChI=1S/C23H19ClF2N4O3/c24-23(25,26)33-15-5-3-14(4-6-15)28-20(31)13-11-16(17-7-10-27-30-17)19-18(12-13)29-21(32)22(19)8-1-2-9-22/h3-7,10-12H,1-2,8-9H2,(H,27,30)(H,28,31)(H,29,32). The number of ether oxygens (including phenoxy) is 1. The van der Waals surface area contributed by atoms with Crippen LogP contribution < -0.4 is 15.4 Å². The van der Waals surface area contributed by atoms with Gasteiger partial charge >= 0.3 is 5.57 Å². The lowest BCUT2D eigenvalue weighted by molar-refractivity contribution is -0.120. The number of hydrogen-bond donors (Lipinski definition) is 3. The summed E-state index contributed by atoms with van der Waals surface area (Å²) in [5.74, 6) is -0.604. The minimum atomic E-state index is -3.82. The smallest absolute Gasteiger partial charge is 0.420 e. The number of carbonyl (C=O) groups excluding carboxylic acids is 2. The van der Waals surface area contributed by atoms with Gasteiger partial charge in [0.1, 0.15) is 5.75 Å². The summed E-state index contributed by atoms with van der Waals surface area (Å²) in [5, 5.41) is 12.7. The third-order valence-electron chi connectivity index (χ3n) is 6.16. The van der Waals surface area contributed by atoms with Crippen molar-refractivity contribution in [2.45, 2.75) is 36.7 Å². The Balaban J connectivity index is 1.47. The third-order valence-corrected chi connectivity index (χ3v) is 6.23. The molecule has 10 heteroatoms. The highest BCUT2D eigenvalue weighted by atomic mass is 35.5. The van der Waals surface area contributed by atoms with Crippen molar-refractivity contribution in [1.82, 2.24) is 10.2 Å². The van der Waals surface area contributed by atoms with Crippen molar-refractivity contribution < 1.29 is 23.1 Å². The quantitative estimate of drug-likeness (QED) is 0.441. The number of nitrogens with zero attached hydrogens (tertiary/aromatic N) is 1. The molecule has 33 heavy (non-hydrogen) atoms. The maximum atomic E-state index is 13.0. The largest absolute Gasteiger partial charge is 0.487 e. The van der Waals surface area contributed by atoms with Crippen LogP contribution in [0.15, 0.2) is 48.7 Å². The van der Waals surface area contributed by atoms with Gasteiger partial charge in [-0.15, -0.1) is 8.78 Å². The molecule has 2 aromatic carbocycles. The number of rotatable bonds is 5. The summed E-state index contributed by atoms with van der Waals surface area (Å²) >= 11 is 4.77. The van der Waals surface area contributed by atoms with Crippen molar-refractivity contribution in [3.63, 3.8) is 0 Å². The summed E-state index contributed by atoms with van der Waals surface area (Å²) in [6, 6.07) is 10.6. The number of aromatic nitrogens is 2. The van der Waals surface area contributed by atoms with Crippen LogP contribution in [0.3, 0.4) is 0 Å². The Kier molecular flexibility index (Phi) is 5.08. The highest BCUT2D eigenvalue weighted by Gasteiger charge is 2.50. The number of anilines is 2. The Morgan fingerprint density at radius 1 is 1.15 bits per heavy atom. The molecule has 5 rings (SSSR count). The average Bonchev–Trinajstić information content (AvgIpc) is 3.51. The molecule has 0 radical (unpaired) electrons. The maximum Gasteiger partial charge on any atom is 0.487 e. The van der Waals surface area contributed by atoms with E-state index in [-0.39, 0.29) is 11.7 Å². The summed E-state index contributed by atoms with van der Waals surface area (Å²) in [6.45, 7) is 0. The van der Waals surface area contributed by atoms with Gasteiger partial charge in [0.15, 0.2) is 0 Å². The Morgan fingerprint density at radius 2 is 1.88 bits per heavy atom. The van der Waals surface area contributed by atoms with Crippen molar-refractivity contribution in [2.24, 2.45) is 0 Å². The van der Waals surface area contributed by atoms with Crippen LogP contribution >= 0.6 is 11.6 Å². The van der Waals surface area contributed by atoms with E-state index in [1.165, 1.54) is 24.3 Å². The van der Waals surface area contributed by atoms with Gasteiger partial charge in [0, 0.05) is 45.9 Å². The maximum absolute atomic E-state index is 13.0. The molecule has 3 aromatic rings.